The molecule has 1 saturated carbocycles. The number of methoxy groups -OCH3 is 1. The van der Waals surface area contributed by atoms with Crippen molar-refractivity contribution >= 4 is 29.1 Å². The van der Waals surface area contributed by atoms with Gasteiger partial charge in [-0.1, -0.05) is 18.0 Å². The fourth-order valence-corrected chi connectivity index (χ4v) is 3.33. The van der Waals surface area contributed by atoms with Crippen LogP contribution < -0.4 is 10.9 Å². The zero-order chi connectivity index (χ0) is 14.6. The zero-order valence-corrected chi connectivity index (χ0v) is 13.4. The number of hydrogen-bond acceptors (Lipinski definition) is 5. The van der Waals surface area contributed by atoms with E-state index >= 15 is 0 Å². The summed E-state index contributed by atoms with van der Waals surface area (Å²) in [6, 6.07) is 0. The van der Waals surface area contributed by atoms with Gasteiger partial charge in [0.25, 0.3) is 5.56 Å². The first-order valence-corrected chi connectivity index (χ1v) is 8.26. The van der Waals surface area contributed by atoms with Gasteiger partial charge in [-0.3, -0.25) is 4.79 Å². The maximum Gasteiger partial charge on any atom is 0.287 e. The van der Waals surface area contributed by atoms with Gasteiger partial charge in [0.2, 0.25) is 0 Å². The molecule has 0 amide bonds. The van der Waals surface area contributed by atoms with Gasteiger partial charge in [0.15, 0.2) is 0 Å². The van der Waals surface area contributed by atoms with E-state index in [9.17, 15) is 4.79 Å². The Hall–Kier alpha value is -0.720. The Morgan fingerprint density at radius 1 is 1.60 bits per heavy atom. The van der Waals surface area contributed by atoms with E-state index in [0.29, 0.717) is 18.8 Å². The van der Waals surface area contributed by atoms with Crippen LogP contribution in [0.4, 0.5) is 5.69 Å². The molecule has 1 aliphatic rings. The molecular weight excluding hydrogens is 298 g/mol. The van der Waals surface area contributed by atoms with Gasteiger partial charge < -0.3 is 10.1 Å². The second kappa shape index (κ2) is 6.83. The highest BCUT2D eigenvalue weighted by Crippen LogP contribution is 2.42. The highest BCUT2D eigenvalue weighted by atomic mass is 35.5. The lowest BCUT2D eigenvalue weighted by atomic mass is 9.84. The molecule has 5 nitrogen and oxygen atoms in total. The van der Waals surface area contributed by atoms with Crippen molar-refractivity contribution in [2.45, 2.75) is 30.6 Å². The van der Waals surface area contributed by atoms with Gasteiger partial charge in [0.1, 0.15) is 5.02 Å². The van der Waals surface area contributed by atoms with E-state index in [2.05, 4.69) is 16.7 Å². The number of aromatic nitrogens is 2. The number of nitrogens with one attached hydrogen (secondary N) is 1. The molecule has 2 rings (SSSR count). The molecule has 0 spiro atoms. The Morgan fingerprint density at radius 2 is 2.35 bits per heavy atom. The number of thioether (sulfide) groups is 1. The average Bonchev–Trinajstić information content (AvgIpc) is 2.41. The van der Waals surface area contributed by atoms with E-state index in [1.165, 1.54) is 23.9 Å². The minimum Gasteiger partial charge on any atom is -0.383 e. The van der Waals surface area contributed by atoms with Crippen LogP contribution >= 0.6 is 23.4 Å². The predicted octanol–water partition coefficient (Wildman–Crippen LogP) is 2.24. The van der Waals surface area contributed by atoms with Crippen LogP contribution in [0.1, 0.15) is 19.3 Å². The number of hydrogen-bond donors (Lipinski definition) is 1. The molecule has 20 heavy (non-hydrogen) atoms. The topological polar surface area (TPSA) is 56.1 Å². The summed E-state index contributed by atoms with van der Waals surface area (Å²) < 4.78 is 6.55. The zero-order valence-electron chi connectivity index (χ0n) is 11.8. The van der Waals surface area contributed by atoms with E-state index in [1.807, 2.05) is 11.8 Å². The van der Waals surface area contributed by atoms with Gasteiger partial charge in [0, 0.05) is 18.4 Å². The summed E-state index contributed by atoms with van der Waals surface area (Å²) in [5.41, 5.74) is 0.339. The standard InChI is InChI=1S/C13H20ClN3O2S/c1-19-7-6-17-12(18)11(14)10(8-16-17)15-9-13(20-2)4-3-5-13/h8,15H,3-7,9H2,1-2H3. The molecule has 1 N–H and O–H groups in total. The molecule has 0 aliphatic heterocycles. The monoisotopic (exact) mass is 317 g/mol. The number of halogens is 1. The molecule has 0 bridgehead atoms. The van der Waals surface area contributed by atoms with Crippen molar-refractivity contribution in [1.82, 2.24) is 9.78 Å². The summed E-state index contributed by atoms with van der Waals surface area (Å²) in [5, 5.41) is 7.59. The first-order chi connectivity index (χ1) is 9.62. The molecule has 0 saturated heterocycles. The minimum absolute atomic E-state index is 0.201. The van der Waals surface area contributed by atoms with Gasteiger partial charge >= 0.3 is 0 Å². The Morgan fingerprint density at radius 3 is 2.90 bits per heavy atom. The lowest BCUT2D eigenvalue weighted by Crippen LogP contribution is -2.40. The summed E-state index contributed by atoms with van der Waals surface area (Å²) in [6.07, 6.45) is 7.43. The average molecular weight is 318 g/mol. The molecule has 112 valence electrons. The third-order valence-electron chi connectivity index (χ3n) is 3.79. The SMILES string of the molecule is COCCn1ncc(NCC2(SC)CCC2)c(Cl)c1=O. The van der Waals surface area contributed by atoms with Gasteiger partial charge in [-0.2, -0.15) is 16.9 Å². The summed E-state index contributed by atoms with van der Waals surface area (Å²) in [6.45, 7) is 1.66. The molecule has 7 heteroatoms. The first-order valence-electron chi connectivity index (χ1n) is 6.65. The third-order valence-corrected chi connectivity index (χ3v) is 5.57. The van der Waals surface area contributed by atoms with E-state index in [0.717, 1.165) is 6.54 Å². The predicted molar refractivity (Wildman–Crippen MR) is 84.0 cm³/mol. The van der Waals surface area contributed by atoms with Crippen molar-refractivity contribution in [2.75, 3.05) is 31.8 Å². The van der Waals surface area contributed by atoms with Crippen LogP contribution in [-0.4, -0.2) is 41.0 Å². The Kier molecular flexibility index (Phi) is 5.35. The van der Waals surface area contributed by atoms with Crippen LogP contribution in [0, 0.1) is 0 Å². The smallest absolute Gasteiger partial charge is 0.287 e. The quantitative estimate of drug-likeness (QED) is 0.836. The molecule has 1 aliphatic carbocycles. The minimum atomic E-state index is -0.277. The molecule has 1 aromatic rings. The fourth-order valence-electron chi connectivity index (χ4n) is 2.21. The van der Waals surface area contributed by atoms with Crippen molar-refractivity contribution in [3.05, 3.63) is 21.6 Å². The van der Waals surface area contributed by atoms with Crippen molar-refractivity contribution in [3.8, 4) is 0 Å². The summed E-state index contributed by atoms with van der Waals surface area (Å²) in [5.74, 6) is 0. The molecule has 0 aromatic carbocycles. The van der Waals surface area contributed by atoms with Crippen molar-refractivity contribution in [1.29, 1.82) is 0 Å². The van der Waals surface area contributed by atoms with Crippen LogP contribution in [0.2, 0.25) is 5.02 Å². The second-order valence-corrected chi connectivity index (χ2v) is 6.64. The molecular formula is C13H20ClN3O2S. The van der Waals surface area contributed by atoms with E-state index in [4.69, 9.17) is 16.3 Å². The molecule has 1 heterocycles. The Bertz CT molecular complexity index is 511. The molecule has 0 unspecified atom stereocenters. The van der Waals surface area contributed by atoms with Crippen LogP contribution in [0.15, 0.2) is 11.0 Å². The number of ether oxygens (including phenoxy) is 1. The lowest BCUT2D eigenvalue weighted by molar-refractivity contribution is 0.182. The van der Waals surface area contributed by atoms with Crippen LogP contribution in [0.3, 0.4) is 0 Å². The molecule has 0 radical (unpaired) electrons. The van der Waals surface area contributed by atoms with Crippen molar-refractivity contribution in [2.24, 2.45) is 0 Å². The van der Waals surface area contributed by atoms with Crippen molar-refractivity contribution in [3.63, 3.8) is 0 Å². The first kappa shape index (κ1) is 15.7. The maximum atomic E-state index is 12.0. The normalized spacial score (nSPS) is 16.8. The molecule has 1 fully saturated rings. The number of anilines is 1. The van der Waals surface area contributed by atoms with E-state index in [-0.39, 0.29) is 15.3 Å². The van der Waals surface area contributed by atoms with Gasteiger partial charge in [-0.15, -0.1) is 0 Å². The van der Waals surface area contributed by atoms with Crippen molar-refractivity contribution < 1.29 is 4.74 Å². The summed E-state index contributed by atoms with van der Waals surface area (Å²) in [4.78, 5) is 12.0. The lowest BCUT2D eigenvalue weighted by Gasteiger charge is -2.40. The van der Waals surface area contributed by atoms with Crippen LogP contribution in [-0.2, 0) is 11.3 Å². The fraction of sp³-hybridized carbons (Fsp3) is 0.692. The molecule has 0 atom stereocenters. The highest BCUT2D eigenvalue weighted by Gasteiger charge is 2.35. The maximum absolute atomic E-state index is 12.0. The number of nitrogens with zero attached hydrogens (tertiary/aromatic N) is 2. The van der Waals surface area contributed by atoms with Gasteiger partial charge in [-0.05, 0) is 19.1 Å². The van der Waals surface area contributed by atoms with Crippen LogP contribution in [0.5, 0.6) is 0 Å². The summed E-state index contributed by atoms with van der Waals surface area (Å²) >= 11 is 8.00. The van der Waals surface area contributed by atoms with Gasteiger partial charge in [0.05, 0.1) is 25.0 Å². The molecule has 1 aromatic heterocycles. The highest BCUT2D eigenvalue weighted by molar-refractivity contribution is 8.00. The Balaban J connectivity index is 2.05. The van der Waals surface area contributed by atoms with Gasteiger partial charge in [-0.25, -0.2) is 4.68 Å². The summed E-state index contributed by atoms with van der Waals surface area (Å²) in [7, 11) is 1.59. The third kappa shape index (κ3) is 3.30. The number of rotatable bonds is 7. The second-order valence-electron chi connectivity index (χ2n) is 4.99. The van der Waals surface area contributed by atoms with E-state index in [1.54, 1.807) is 13.3 Å². The largest absolute Gasteiger partial charge is 0.383 e. The van der Waals surface area contributed by atoms with Crippen LogP contribution in [0.25, 0.3) is 0 Å². The Labute approximate surface area is 128 Å². The van der Waals surface area contributed by atoms with E-state index < -0.39 is 0 Å².